The smallest absolute Gasteiger partial charge is 0.333 e. The summed E-state index contributed by atoms with van der Waals surface area (Å²) in [7, 11) is -2.57. The molecule has 0 bridgehead atoms. The highest BCUT2D eigenvalue weighted by Gasteiger charge is 2.48. The maximum atomic E-state index is 13.6. The molecule has 0 unspecified atom stereocenters. The van der Waals surface area contributed by atoms with Crippen molar-refractivity contribution in [1.82, 2.24) is 4.41 Å². The van der Waals surface area contributed by atoms with Crippen molar-refractivity contribution in [2.45, 2.75) is 51.0 Å². The van der Waals surface area contributed by atoms with Gasteiger partial charge in [-0.05, 0) is 37.5 Å². The number of benzene rings is 2. The maximum Gasteiger partial charge on any atom is 0.333 e. The molecule has 0 aromatic heterocycles. The molecular weight excluding hydrogens is 424 g/mol. The molecule has 2 aromatic carbocycles. The monoisotopic (exact) mass is 454 g/mol. The summed E-state index contributed by atoms with van der Waals surface area (Å²) in [5.41, 5.74) is 2.60. The average Bonchev–Trinajstić information content (AvgIpc) is 3.02. The SMILES string of the molecule is C=C(CC[C@@H]1N(S(=O)(=O)c2ccc(C)cc2)N=C(Cc2ccccc2)C1(C)C)C(=O)OC. The van der Waals surface area contributed by atoms with Gasteiger partial charge in [0.15, 0.2) is 0 Å². The molecule has 0 aliphatic carbocycles. The molecular formula is C25H30N2O4S. The summed E-state index contributed by atoms with van der Waals surface area (Å²) < 4.78 is 33.2. The van der Waals surface area contributed by atoms with E-state index in [2.05, 4.69) is 11.7 Å². The lowest BCUT2D eigenvalue weighted by molar-refractivity contribution is -0.136. The topological polar surface area (TPSA) is 76.0 Å². The number of hydrogen-bond acceptors (Lipinski definition) is 5. The number of carbonyl (C=O) groups is 1. The first-order chi connectivity index (χ1) is 15.1. The molecule has 0 saturated heterocycles. The van der Waals surface area contributed by atoms with Gasteiger partial charge < -0.3 is 4.74 Å². The van der Waals surface area contributed by atoms with Gasteiger partial charge in [0.1, 0.15) is 0 Å². The predicted octanol–water partition coefficient (Wildman–Crippen LogP) is 4.50. The van der Waals surface area contributed by atoms with Crippen LogP contribution in [0.25, 0.3) is 0 Å². The third-order valence-electron chi connectivity index (χ3n) is 6.04. The number of hydrogen-bond donors (Lipinski definition) is 0. The van der Waals surface area contributed by atoms with Gasteiger partial charge in [0.05, 0.1) is 23.8 Å². The van der Waals surface area contributed by atoms with Crippen molar-refractivity contribution >= 4 is 21.7 Å². The summed E-state index contributed by atoms with van der Waals surface area (Å²) in [4.78, 5) is 12.0. The maximum absolute atomic E-state index is 13.6. The van der Waals surface area contributed by atoms with Crippen molar-refractivity contribution < 1.29 is 17.9 Å². The average molecular weight is 455 g/mol. The largest absolute Gasteiger partial charge is 0.466 e. The number of sulfonamides is 1. The minimum absolute atomic E-state index is 0.195. The van der Waals surface area contributed by atoms with Gasteiger partial charge in [-0.3, -0.25) is 0 Å². The van der Waals surface area contributed by atoms with Gasteiger partial charge in [-0.2, -0.15) is 17.9 Å². The third-order valence-corrected chi connectivity index (χ3v) is 7.73. The van der Waals surface area contributed by atoms with Crippen LogP contribution >= 0.6 is 0 Å². The molecule has 1 atom stereocenters. The second kappa shape index (κ2) is 9.28. The lowest BCUT2D eigenvalue weighted by Crippen LogP contribution is -2.42. The van der Waals surface area contributed by atoms with E-state index in [4.69, 9.17) is 4.74 Å². The Morgan fingerprint density at radius 2 is 1.75 bits per heavy atom. The van der Waals surface area contributed by atoms with Gasteiger partial charge in [-0.25, -0.2) is 4.79 Å². The molecule has 1 aliphatic heterocycles. The normalized spacial score (nSPS) is 17.7. The van der Waals surface area contributed by atoms with Crippen molar-refractivity contribution in [1.29, 1.82) is 0 Å². The molecule has 2 aromatic rings. The Hall–Kier alpha value is -2.93. The molecule has 1 heterocycles. The highest BCUT2D eigenvalue weighted by Crippen LogP contribution is 2.41. The summed E-state index contributed by atoms with van der Waals surface area (Å²) in [6, 6.07) is 16.2. The Labute approximate surface area is 190 Å². The van der Waals surface area contributed by atoms with Gasteiger partial charge in [-0.15, -0.1) is 0 Å². The van der Waals surface area contributed by atoms with E-state index in [9.17, 15) is 13.2 Å². The molecule has 0 fully saturated rings. The summed E-state index contributed by atoms with van der Waals surface area (Å²) >= 11 is 0. The molecule has 0 N–H and O–H groups in total. The molecule has 1 aliphatic rings. The third kappa shape index (κ3) is 4.78. The van der Waals surface area contributed by atoms with E-state index in [1.54, 1.807) is 24.3 Å². The molecule has 0 saturated carbocycles. The first-order valence-corrected chi connectivity index (χ1v) is 12.0. The van der Waals surface area contributed by atoms with Crippen LogP contribution in [0.1, 0.15) is 37.8 Å². The van der Waals surface area contributed by atoms with E-state index in [1.165, 1.54) is 11.5 Å². The number of esters is 1. The molecule has 6 nitrogen and oxygen atoms in total. The first kappa shape index (κ1) is 23.7. The van der Waals surface area contributed by atoms with E-state index in [-0.39, 0.29) is 4.90 Å². The standard InChI is InChI=1S/C25H30N2O4S/c1-18-11-14-21(15-12-18)32(29,30)27-23(16-13-19(2)24(28)31-5)25(3,4)22(26-27)17-20-9-7-6-8-10-20/h6-12,14-15,23H,2,13,16-17H2,1,3-5H3/t23-/m0/s1. The fourth-order valence-electron chi connectivity index (χ4n) is 3.91. The minimum atomic E-state index is -3.87. The van der Waals surface area contributed by atoms with E-state index in [1.807, 2.05) is 51.1 Å². The summed E-state index contributed by atoms with van der Waals surface area (Å²) in [5.74, 6) is -0.487. The fraction of sp³-hybridized carbons (Fsp3) is 0.360. The van der Waals surface area contributed by atoms with Crippen molar-refractivity contribution in [3.05, 3.63) is 77.9 Å². The van der Waals surface area contributed by atoms with Crippen LogP contribution in [0.2, 0.25) is 0 Å². The van der Waals surface area contributed by atoms with E-state index < -0.39 is 27.4 Å². The zero-order valence-corrected chi connectivity index (χ0v) is 19.9. The molecule has 0 amide bonds. The molecule has 0 spiro atoms. The summed E-state index contributed by atoms with van der Waals surface area (Å²) in [6.45, 7) is 9.72. The lowest BCUT2D eigenvalue weighted by atomic mass is 9.77. The van der Waals surface area contributed by atoms with E-state index >= 15 is 0 Å². The number of rotatable bonds is 8. The van der Waals surface area contributed by atoms with Crippen LogP contribution in [0, 0.1) is 12.3 Å². The van der Waals surface area contributed by atoms with Crippen LogP contribution in [0.4, 0.5) is 0 Å². The highest BCUT2D eigenvalue weighted by atomic mass is 32.2. The van der Waals surface area contributed by atoms with E-state index in [0.717, 1.165) is 16.8 Å². The Balaban J connectivity index is 1.99. The van der Waals surface area contributed by atoms with Crippen molar-refractivity contribution in [2.24, 2.45) is 10.5 Å². The second-order valence-corrected chi connectivity index (χ2v) is 10.5. The molecule has 32 heavy (non-hydrogen) atoms. The van der Waals surface area contributed by atoms with Crippen LogP contribution in [0.15, 0.2) is 76.7 Å². The Kier molecular flexibility index (Phi) is 6.88. The van der Waals surface area contributed by atoms with Gasteiger partial charge in [-0.1, -0.05) is 68.5 Å². The number of ether oxygens (including phenoxy) is 1. The Bertz CT molecular complexity index is 1120. The predicted molar refractivity (Wildman–Crippen MR) is 126 cm³/mol. The number of aryl methyl sites for hydroxylation is 1. The molecule has 0 radical (unpaired) electrons. The minimum Gasteiger partial charge on any atom is -0.466 e. The van der Waals surface area contributed by atoms with Crippen molar-refractivity contribution in [3.8, 4) is 0 Å². The van der Waals surface area contributed by atoms with Crippen LogP contribution < -0.4 is 0 Å². The summed E-state index contributed by atoms with van der Waals surface area (Å²) in [6.07, 6.45) is 1.25. The van der Waals surface area contributed by atoms with Crippen molar-refractivity contribution in [2.75, 3.05) is 7.11 Å². The van der Waals surface area contributed by atoms with Crippen LogP contribution in [-0.4, -0.2) is 37.7 Å². The number of carbonyl (C=O) groups excluding carboxylic acids is 1. The molecule has 170 valence electrons. The van der Waals surface area contributed by atoms with Gasteiger partial charge >= 0.3 is 5.97 Å². The van der Waals surface area contributed by atoms with Gasteiger partial charge in [0.25, 0.3) is 10.0 Å². The van der Waals surface area contributed by atoms with E-state index in [0.29, 0.717) is 24.8 Å². The fourth-order valence-corrected chi connectivity index (χ4v) is 5.51. The van der Waals surface area contributed by atoms with Crippen LogP contribution in [0.5, 0.6) is 0 Å². The zero-order valence-electron chi connectivity index (χ0n) is 19.0. The Morgan fingerprint density at radius 3 is 2.34 bits per heavy atom. The van der Waals surface area contributed by atoms with Crippen LogP contribution in [0.3, 0.4) is 0 Å². The quantitative estimate of drug-likeness (QED) is 0.435. The first-order valence-electron chi connectivity index (χ1n) is 10.6. The van der Waals surface area contributed by atoms with Gasteiger partial charge in [0.2, 0.25) is 0 Å². The number of hydrazone groups is 1. The molecule has 3 rings (SSSR count). The van der Waals surface area contributed by atoms with Crippen molar-refractivity contribution in [3.63, 3.8) is 0 Å². The number of nitrogens with zero attached hydrogens (tertiary/aromatic N) is 2. The van der Waals surface area contributed by atoms with Crippen LogP contribution in [-0.2, 0) is 26.0 Å². The zero-order chi connectivity index (χ0) is 23.5. The Morgan fingerprint density at radius 1 is 1.12 bits per heavy atom. The summed E-state index contributed by atoms with van der Waals surface area (Å²) in [5, 5.41) is 4.65. The highest BCUT2D eigenvalue weighted by molar-refractivity contribution is 7.89. The second-order valence-electron chi connectivity index (χ2n) is 8.67. The number of methoxy groups -OCH3 is 1. The molecule has 7 heteroatoms. The lowest BCUT2D eigenvalue weighted by Gasteiger charge is -2.33. The van der Waals surface area contributed by atoms with Gasteiger partial charge in [0, 0.05) is 17.4 Å².